The van der Waals surface area contributed by atoms with E-state index in [0.717, 1.165) is 23.4 Å². The van der Waals surface area contributed by atoms with Gasteiger partial charge in [0.15, 0.2) is 0 Å². The summed E-state index contributed by atoms with van der Waals surface area (Å²) < 4.78 is 32.9. The Morgan fingerprint density at radius 2 is 1.87 bits per heavy atom. The van der Waals surface area contributed by atoms with Crippen LogP contribution in [0.1, 0.15) is 28.8 Å². The number of hydrogen-bond acceptors (Lipinski definition) is 4. The van der Waals surface area contributed by atoms with E-state index in [2.05, 4.69) is 10.2 Å². The summed E-state index contributed by atoms with van der Waals surface area (Å²) in [6, 6.07) is 7.14. The molecule has 1 spiro atoms. The van der Waals surface area contributed by atoms with Gasteiger partial charge in [0.25, 0.3) is 0 Å². The maximum Gasteiger partial charge on any atom is 0.341 e. The van der Waals surface area contributed by atoms with E-state index in [1.807, 2.05) is 12.1 Å². The van der Waals surface area contributed by atoms with Crippen molar-refractivity contribution < 1.29 is 28.2 Å². The molecule has 2 aromatic rings. The summed E-state index contributed by atoms with van der Waals surface area (Å²) in [5.41, 5.74) is 0.144. The van der Waals surface area contributed by atoms with E-state index in [4.69, 9.17) is 21.4 Å². The molecular formula is C21H19ClF2N2O4. The highest BCUT2D eigenvalue weighted by Crippen LogP contribution is 2.45. The van der Waals surface area contributed by atoms with Crippen molar-refractivity contribution in [1.29, 1.82) is 0 Å². The number of amides is 1. The first-order chi connectivity index (χ1) is 14.3. The Kier molecular flexibility index (Phi) is 5.38. The SMILES string of the molecule is O=C(O)c1c(F)cc(OCCN2CCC3(CC2)C(=O)Nc2ccc(Cl)cc23)cc1F. The molecule has 6 nitrogen and oxygen atoms in total. The van der Waals surface area contributed by atoms with Gasteiger partial charge in [-0.1, -0.05) is 11.6 Å². The van der Waals surface area contributed by atoms with Crippen molar-refractivity contribution in [2.75, 3.05) is 31.6 Å². The van der Waals surface area contributed by atoms with Gasteiger partial charge in [-0.25, -0.2) is 13.6 Å². The second-order valence-electron chi connectivity index (χ2n) is 7.48. The molecule has 1 fully saturated rings. The van der Waals surface area contributed by atoms with E-state index >= 15 is 0 Å². The van der Waals surface area contributed by atoms with Crippen LogP contribution < -0.4 is 10.1 Å². The number of hydrogen-bond donors (Lipinski definition) is 2. The largest absolute Gasteiger partial charge is 0.492 e. The molecule has 9 heteroatoms. The van der Waals surface area contributed by atoms with Gasteiger partial charge in [0.05, 0.1) is 5.41 Å². The Labute approximate surface area is 176 Å². The first kappa shape index (κ1) is 20.6. The van der Waals surface area contributed by atoms with Crippen molar-refractivity contribution in [1.82, 2.24) is 4.90 Å². The second-order valence-corrected chi connectivity index (χ2v) is 7.92. The minimum atomic E-state index is -1.67. The molecule has 0 aliphatic carbocycles. The number of piperidine rings is 1. The van der Waals surface area contributed by atoms with Crippen LogP contribution in [0.5, 0.6) is 5.75 Å². The van der Waals surface area contributed by atoms with Crippen LogP contribution in [0.25, 0.3) is 0 Å². The zero-order valence-electron chi connectivity index (χ0n) is 15.9. The molecule has 1 amide bonds. The quantitative estimate of drug-likeness (QED) is 0.747. The van der Waals surface area contributed by atoms with Gasteiger partial charge in [0.1, 0.15) is 29.6 Å². The number of carbonyl (C=O) groups excluding carboxylic acids is 1. The van der Waals surface area contributed by atoms with E-state index in [-0.39, 0.29) is 18.3 Å². The molecule has 1 saturated heterocycles. The lowest BCUT2D eigenvalue weighted by molar-refractivity contribution is -0.122. The van der Waals surface area contributed by atoms with Crippen LogP contribution in [0, 0.1) is 11.6 Å². The summed E-state index contributed by atoms with van der Waals surface area (Å²) in [5.74, 6) is -4.11. The number of carboxylic acid groups (broad SMARTS) is 1. The highest BCUT2D eigenvalue weighted by molar-refractivity contribution is 6.31. The van der Waals surface area contributed by atoms with Crippen molar-refractivity contribution in [2.24, 2.45) is 0 Å². The maximum atomic E-state index is 13.7. The normalized spacial score (nSPS) is 17.6. The van der Waals surface area contributed by atoms with Crippen molar-refractivity contribution in [3.8, 4) is 5.75 Å². The van der Waals surface area contributed by atoms with E-state index < -0.39 is 28.6 Å². The smallest absolute Gasteiger partial charge is 0.341 e. The number of halogens is 3. The topological polar surface area (TPSA) is 78.9 Å². The number of rotatable bonds is 5. The highest BCUT2D eigenvalue weighted by Gasteiger charge is 2.48. The number of nitrogens with one attached hydrogen (secondary N) is 1. The van der Waals surface area contributed by atoms with E-state index in [0.29, 0.717) is 37.5 Å². The number of aromatic carboxylic acids is 1. The molecule has 2 heterocycles. The van der Waals surface area contributed by atoms with Gasteiger partial charge in [-0.3, -0.25) is 9.69 Å². The molecule has 0 saturated carbocycles. The predicted molar refractivity (Wildman–Crippen MR) is 106 cm³/mol. The summed E-state index contributed by atoms with van der Waals surface area (Å²) in [6.45, 7) is 1.99. The Hall–Kier alpha value is -2.71. The molecule has 2 aliphatic heterocycles. The Balaban J connectivity index is 1.35. The molecule has 0 aromatic heterocycles. The van der Waals surface area contributed by atoms with Crippen LogP contribution >= 0.6 is 11.6 Å². The Morgan fingerprint density at radius 1 is 1.20 bits per heavy atom. The molecule has 2 N–H and O–H groups in total. The molecule has 0 radical (unpaired) electrons. The maximum absolute atomic E-state index is 13.7. The molecule has 158 valence electrons. The van der Waals surface area contributed by atoms with Crippen LogP contribution in [0.3, 0.4) is 0 Å². The second kappa shape index (κ2) is 7.85. The number of likely N-dealkylation sites (tertiary alicyclic amines) is 1. The van der Waals surface area contributed by atoms with Gasteiger partial charge in [0.2, 0.25) is 5.91 Å². The van der Waals surface area contributed by atoms with E-state index in [9.17, 15) is 18.4 Å². The number of anilines is 1. The molecule has 30 heavy (non-hydrogen) atoms. The number of fused-ring (bicyclic) bond motifs is 2. The molecule has 2 aromatic carbocycles. The number of carboxylic acids is 1. The first-order valence-electron chi connectivity index (χ1n) is 9.49. The van der Waals surface area contributed by atoms with E-state index in [1.54, 1.807) is 6.07 Å². The lowest BCUT2D eigenvalue weighted by atomic mass is 9.73. The third-order valence-electron chi connectivity index (χ3n) is 5.80. The first-order valence-corrected chi connectivity index (χ1v) is 9.87. The average Bonchev–Trinajstić information content (AvgIpc) is 2.94. The van der Waals surface area contributed by atoms with Gasteiger partial charge in [-0.15, -0.1) is 0 Å². The van der Waals surface area contributed by atoms with Gasteiger partial charge in [-0.05, 0) is 49.7 Å². The summed E-state index contributed by atoms with van der Waals surface area (Å²) in [7, 11) is 0. The molecule has 0 unspecified atom stereocenters. The third kappa shape index (κ3) is 3.61. The fraction of sp³-hybridized carbons (Fsp3) is 0.333. The van der Waals surface area contributed by atoms with Gasteiger partial charge < -0.3 is 15.2 Å². The molecular weight excluding hydrogens is 418 g/mol. The Morgan fingerprint density at radius 3 is 2.50 bits per heavy atom. The zero-order valence-corrected chi connectivity index (χ0v) is 16.6. The van der Waals surface area contributed by atoms with Crippen LogP contribution in [0.15, 0.2) is 30.3 Å². The molecule has 0 atom stereocenters. The standard InChI is InChI=1S/C21H19ClF2N2O4/c22-12-1-2-17-14(9-12)21(20(29)25-17)3-5-26(6-4-21)7-8-30-13-10-15(23)18(19(27)28)16(24)11-13/h1-2,9-11H,3-8H2,(H,25,29)(H,27,28). The minimum Gasteiger partial charge on any atom is -0.492 e. The average molecular weight is 437 g/mol. The summed E-state index contributed by atoms with van der Waals surface area (Å²) in [6.07, 6.45) is 1.26. The lowest BCUT2D eigenvalue weighted by Crippen LogP contribution is -2.47. The molecule has 4 rings (SSSR count). The van der Waals surface area contributed by atoms with Crippen LogP contribution in [-0.2, 0) is 10.2 Å². The van der Waals surface area contributed by atoms with Crippen LogP contribution in [0.2, 0.25) is 5.02 Å². The van der Waals surface area contributed by atoms with Gasteiger partial charge in [-0.2, -0.15) is 0 Å². The highest BCUT2D eigenvalue weighted by atomic mass is 35.5. The summed E-state index contributed by atoms with van der Waals surface area (Å²) in [4.78, 5) is 25.6. The lowest BCUT2D eigenvalue weighted by Gasteiger charge is -2.37. The number of carbonyl (C=O) groups is 2. The fourth-order valence-corrected chi connectivity index (χ4v) is 4.34. The Bertz CT molecular complexity index is 999. The number of ether oxygens (including phenoxy) is 1. The van der Waals surface area contributed by atoms with Gasteiger partial charge >= 0.3 is 5.97 Å². The van der Waals surface area contributed by atoms with Crippen molar-refractivity contribution in [2.45, 2.75) is 18.3 Å². The van der Waals surface area contributed by atoms with E-state index in [1.165, 1.54) is 0 Å². The van der Waals surface area contributed by atoms with Crippen molar-refractivity contribution in [3.05, 3.63) is 58.1 Å². The van der Waals surface area contributed by atoms with Crippen LogP contribution in [0.4, 0.5) is 14.5 Å². The number of benzene rings is 2. The van der Waals surface area contributed by atoms with Crippen LogP contribution in [-0.4, -0.2) is 48.1 Å². The molecule has 2 aliphatic rings. The predicted octanol–water partition coefficient (Wildman–Crippen LogP) is 3.68. The zero-order chi connectivity index (χ0) is 21.5. The minimum absolute atomic E-state index is 0.0138. The summed E-state index contributed by atoms with van der Waals surface area (Å²) >= 11 is 6.13. The fourth-order valence-electron chi connectivity index (χ4n) is 4.17. The number of nitrogens with zero attached hydrogens (tertiary/aromatic N) is 1. The monoisotopic (exact) mass is 436 g/mol. The van der Waals surface area contributed by atoms with Crippen molar-refractivity contribution in [3.63, 3.8) is 0 Å². The van der Waals surface area contributed by atoms with Crippen molar-refractivity contribution >= 4 is 29.2 Å². The molecule has 0 bridgehead atoms. The third-order valence-corrected chi connectivity index (χ3v) is 6.03. The summed E-state index contributed by atoms with van der Waals surface area (Å²) in [5, 5.41) is 12.3. The van der Waals surface area contributed by atoms with Gasteiger partial charge in [0, 0.05) is 29.4 Å².